The molecule has 5 aromatic heterocycles. The molecule has 8 bridgehead atoms. The fraction of sp³-hybridized carbons (Fsp3) is 0. The lowest BCUT2D eigenvalue weighted by molar-refractivity contribution is 0.381. The molecular formula is C42H18F10N6. The van der Waals surface area contributed by atoms with Crippen LogP contribution in [-0.2, 0) is 0 Å². The maximum absolute atomic E-state index is 15.7. The average molecular weight is 797 g/mol. The first-order chi connectivity index (χ1) is 27.9. The van der Waals surface area contributed by atoms with E-state index >= 15 is 17.6 Å². The van der Waals surface area contributed by atoms with Crippen molar-refractivity contribution in [2.75, 3.05) is 0 Å². The summed E-state index contributed by atoms with van der Waals surface area (Å²) in [5, 5.41) is 0. The molecule has 286 valence electrons. The second kappa shape index (κ2) is 13.7. The van der Waals surface area contributed by atoms with Crippen molar-refractivity contribution in [1.82, 2.24) is 29.9 Å². The van der Waals surface area contributed by atoms with Crippen molar-refractivity contribution in [3.63, 3.8) is 0 Å². The number of pyridine rings is 2. The van der Waals surface area contributed by atoms with Gasteiger partial charge in [-0.3, -0.25) is 9.97 Å². The molecule has 0 saturated heterocycles. The Balaban J connectivity index is 1.53. The molecule has 58 heavy (non-hydrogen) atoms. The number of hydrogen-bond donors (Lipinski definition) is 2. The minimum absolute atomic E-state index is 0.0605. The summed E-state index contributed by atoms with van der Waals surface area (Å²) in [5.41, 5.74) is -2.71. The van der Waals surface area contributed by atoms with Crippen LogP contribution < -0.4 is 0 Å². The fourth-order valence-electron chi connectivity index (χ4n) is 7.02. The van der Waals surface area contributed by atoms with Gasteiger partial charge in [0, 0.05) is 69.1 Å². The molecule has 0 unspecified atom stereocenters. The summed E-state index contributed by atoms with van der Waals surface area (Å²) in [6.45, 7) is 0. The Kier molecular flexibility index (Phi) is 8.56. The first kappa shape index (κ1) is 36.3. The lowest BCUT2D eigenvalue weighted by Gasteiger charge is -2.10. The van der Waals surface area contributed by atoms with Gasteiger partial charge < -0.3 is 9.97 Å². The van der Waals surface area contributed by atoms with Gasteiger partial charge in [-0.15, -0.1) is 0 Å². The highest BCUT2D eigenvalue weighted by atomic mass is 19.2. The molecule has 0 radical (unpaired) electrons. The highest BCUT2D eigenvalue weighted by Gasteiger charge is 2.31. The smallest absolute Gasteiger partial charge is 0.200 e. The molecule has 0 spiro atoms. The number of fused-ring (bicyclic) bond motifs is 8. The maximum Gasteiger partial charge on any atom is 0.200 e. The monoisotopic (exact) mass is 796 g/mol. The van der Waals surface area contributed by atoms with E-state index in [4.69, 9.17) is 0 Å². The summed E-state index contributed by atoms with van der Waals surface area (Å²) in [6, 6.07) is 11.7. The van der Waals surface area contributed by atoms with Crippen LogP contribution in [0.15, 0.2) is 73.3 Å². The maximum atomic E-state index is 15.7. The molecule has 0 atom stereocenters. The van der Waals surface area contributed by atoms with E-state index in [1.54, 1.807) is 24.3 Å². The summed E-state index contributed by atoms with van der Waals surface area (Å²) in [4.78, 5) is 23.2. The molecule has 2 aromatic carbocycles. The average Bonchev–Trinajstić information content (AvgIpc) is 4.09. The summed E-state index contributed by atoms with van der Waals surface area (Å²) in [6.07, 6.45) is 11.0. The number of hydrogen-bond acceptors (Lipinski definition) is 4. The first-order valence-electron chi connectivity index (χ1n) is 16.9. The molecule has 2 aliphatic rings. The molecule has 0 amide bonds. The predicted molar refractivity (Wildman–Crippen MR) is 196 cm³/mol. The number of rotatable bonds is 4. The number of nitrogens with one attached hydrogen (secondary N) is 2. The van der Waals surface area contributed by atoms with E-state index < -0.39 is 80.4 Å². The SMILES string of the molecule is Fc1c(F)c(F)c(-c2c3nc(c(-c4ccncc4)c4ccc([nH]4)c(-c4c(F)c(F)c(F)c(F)c4F)c4nc(c(-c5ccncc5)c5ccc2[nH]5)C=C4)C=C3)c(F)c1F. The van der Waals surface area contributed by atoms with Crippen LogP contribution in [0.4, 0.5) is 43.9 Å². The largest absolute Gasteiger partial charge is 0.354 e. The van der Waals surface area contributed by atoms with E-state index in [-0.39, 0.29) is 56.0 Å². The van der Waals surface area contributed by atoms with Crippen LogP contribution in [0.3, 0.4) is 0 Å². The van der Waals surface area contributed by atoms with Gasteiger partial charge in [-0.25, -0.2) is 53.9 Å². The molecular weight excluding hydrogens is 778 g/mol. The lowest BCUT2D eigenvalue weighted by Crippen LogP contribution is -2.05. The molecule has 0 saturated carbocycles. The van der Waals surface area contributed by atoms with Crippen molar-refractivity contribution in [2.45, 2.75) is 0 Å². The predicted octanol–water partition coefficient (Wildman–Crippen LogP) is 11.5. The zero-order valence-corrected chi connectivity index (χ0v) is 28.8. The van der Waals surface area contributed by atoms with Crippen molar-refractivity contribution in [1.29, 1.82) is 0 Å². The second-order valence-electron chi connectivity index (χ2n) is 12.9. The Morgan fingerprint density at radius 2 is 0.552 bits per heavy atom. The van der Waals surface area contributed by atoms with Crippen LogP contribution >= 0.6 is 0 Å². The third-order valence-corrected chi connectivity index (χ3v) is 9.61. The van der Waals surface area contributed by atoms with Gasteiger partial charge in [0.1, 0.15) is 0 Å². The number of benzene rings is 2. The minimum atomic E-state index is -2.36. The van der Waals surface area contributed by atoms with E-state index in [9.17, 15) is 26.3 Å². The van der Waals surface area contributed by atoms with E-state index in [1.807, 2.05) is 0 Å². The van der Waals surface area contributed by atoms with Crippen molar-refractivity contribution in [3.8, 4) is 44.5 Å². The zero-order valence-electron chi connectivity index (χ0n) is 28.8. The molecule has 7 heterocycles. The fourth-order valence-corrected chi connectivity index (χ4v) is 7.02. The van der Waals surface area contributed by atoms with Crippen LogP contribution in [0.25, 0.3) is 90.9 Å². The van der Waals surface area contributed by atoms with Crippen molar-refractivity contribution < 1.29 is 43.9 Å². The van der Waals surface area contributed by atoms with E-state index in [0.717, 1.165) is 0 Å². The quantitative estimate of drug-likeness (QED) is 0.106. The molecule has 7 aromatic rings. The van der Waals surface area contributed by atoms with Crippen LogP contribution in [0, 0.1) is 58.2 Å². The van der Waals surface area contributed by atoms with Crippen LogP contribution in [-0.4, -0.2) is 29.9 Å². The molecule has 2 N–H and O–H groups in total. The highest BCUT2D eigenvalue weighted by molar-refractivity contribution is 6.00. The molecule has 0 fully saturated rings. The van der Waals surface area contributed by atoms with Gasteiger partial charge in [0.15, 0.2) is 46.5 Å². The summed E-state index contributed by atoms with van der Waals surface area (Å²) in [7, 11) is 0. The Labute approximate surface area is 318 Å². The second-order valence-corrected chi connectivity index (χ2v) is 12.9. The van der Waals surface area contributed by atoms with Gasteiger partial charge in [-0.05, 0) is 84.0 Å². The van der Waals surface area contributed by atoms with Gasteiger partial charge in [-0.2, -0.15) is 0 Å². The Bertz CT molecular complexity index is 2850. The van der Waals surface area contributed by atoms with Crippen molar-refractivity contribution in [2.24, 2.45) is 0 Å². The zero-order chi connectivity index (χ0) is 40.6. The summed E-state index contributed by atoms with van der Waals surface area (Å²) in [5.74, 6) is -21.9. The highest BCUT2D eigenvalue weighted by Crippen LogP contribution is 2.42. The number of H-pyrrole nitrogens is 2. The van der Waals surface area contributed by atoms with Gasteiger partial charge in [0.05, 0.1) is 33.9 Å². The third kappa shape index (κ3) is 5.58. The van der Waals surface area contributed by atoms with Gasteiger partial charge in [0.2, 0.25) is 11.6 Å². The Morgan fingerprint density at radius 3 is 0.862 bits per heavy atom. The number of aromatic nitrogens is 6. The summed E-state index contributed by atoms with van der Waals surface area (Å²) >= 11 is 0. The van der Waals surface area contributed by atoms with Gasteiger partial charge in [0.25, 0.3) is 0 Å². The standard InChI is InChI=1S/C42H18F10N6/c43-33-31(34(44)38(48)41(51)37(33)47)29-23-5-1-19(55-23)27(17-9-13-53-14-10-17)20-2-6-25(56-20)30(32-35(45)39(49)42(52)40(50)36(32)46)26-8-4-22(58-26)28(18-11-15-54-16-12-18)21-3-7-24(29)57-21/h1-16,55,58H. The van der Waals surface area contributed by atoms with Gasteiger partial charge in [-0.1, -0.05) is 0 Å². The van der Waals surface area contributed by atoms with Crippen molar-refractivity contribution in [3.05, 3.63) is 154 Å². The lowest BCUT2D eigenvalue weighted by atomic mass is 10.0. The number of aromatic amines is 2. The topological polar surface area (TPSA) is 83.1 Å². The molecule has 16 heteroatoms. The number of halogens is 10. The normalized spacial score (nSPS) is 12.2. The van der Waals surface area contributed by atoms with E-state index in [0.29, 0.717) is 11.1 Å². The van der Waals surface area contributed by atoms with Crippen LogP contribution in [0.1, 0.15) is 22.8 Å². The van der Waals surface area contributed by atoms with Crippen molar-refractivity contribution >= 4 is 46.4 Å². The number of nitrogens with zero attached hydrogens (tertiary/aromatic N) is 4. The van der Waals surface area contributed by atoms with E-state index in [2.05, 4.69) is 29.9 Å². The molecule has 0 aliphatic carbocycles. The van der Waals surface area contributed by atoms with Crippen LogP contribution in [0.5, 0.6) is 0 Å². The van der Waals surface area contributed by atoms with E-state index in [1.165, 1.54) is 73.4 Å². The molecule has 9 rings (SSSR count). The molecule has 2 aliphatic heterocycles. The van der Waals surface area contributed by atoms with Gasteiger partial charge >= 0.3 is 0 Å². The Morgan fingerprint density at radius 1 is 0.293 bits per heavy atom. The summed E-state index contributed by atoms with van der Waals surface area (Å²) < 4.78 is 151. The Hall–Kier alpha value is -7.36. The minimum Gasteiger partial charge on any atom is -0.354 e. The third-order valence-electron chi connectivity index (χ3n) is 9.61. The van der Waals surface area contributed by atoms with Crippen LogP contribution in [0.2, 0.25) is 0 Å². The molecule has 6 nitrogen and oxygen atoms in total. The first-order valence-corrected chi connectivity index (χ1v) is 16.9.